The van der Waals surface area contributed by atoms with Gasteiger partial charge in [-0.25, -0.2) is 0 Å². The predicted octanol–water partition coefficient (Wildman–Crippen LogP) is 2.54. The molecule has 0 bridgehead atoms. The second-order valence-electron chi connectivity index (χ2n) is 6.55. The molecule has 2 aliphatic rings. The standard InChI is InChI=1S/C17H25N3O3/c21-13-14-5-6-16(20(22)23)17(12-14)19-10-3-4-15(7-11-19)18-8-1-2-9-18/h5-6,12,15,21H,1-4,7-11,13H2. The average molecular weight is 319 g/mol. The molecule has 6 nitrogen and oxygen atoms in total. The highest BCUT2D eigenvalue weighted by molar-refractivity contribution is 5.64. The van der Waals surface area contributed by atoms with Gasteiger partial charge in [0.15, 0.2) is 0 Å². The molecule has 3 rings (SSSR count). The van der Waals surface area contributed by atoms with E-state index in [-0.39, 0.29) is 17.2 Å². The van der Waals surface area contributed by atoms with E-state index in [1.807, 2.05) is 0 Å². The summed E-state index contributed by atoms with van der Waals surface area (Å²) in [6, 6.07) is 5.53. The molecule has 1 atom stereocenters. The van der Waals surface area contributed by atoms with Crippen molar-refractivity contribution in [2.24, 2.45) is 0 Å². The first-order chi connectivity index (χ1) is 11.2. The number of nitro benzene ring substituents is 1. The van der Waals surface area contributed by atoms with Crippen LogP contribution in [0.5, 0.6) is 0 Å². The molecule has 6 heteroatoms. The number of hydrogen-bond acceptors (Lipinski definition) is 5. The van der Waals surface area contributed by atoms with Crippen LogP contribution >= 0.6 is 0 Å². The SMILES string of the molecule is O=[N+]([O-])c1ccc(CO)cc1N1CCCC(N2CCCC2)CC1. The first-order valence-corrected chi connectivity index (χ1v) is 8.56. The summed E-state index contributed by atoms with van der Waals surface area (Å²) in [5.41, 5.74) is 1.52. The highest BCUT2D eigenvalue weighted by Crippen LogP contribution is 2.32. The summed E-state index contributed by atoms with van der Waals surface area (Å²) >= 11 is 0. The van der Waals surface area contributed by atoms with Crippen molar-refractivity contribution in [2.75, 3.05) is 31.1 Å². The lowest BCUT2D eigenvalue weighted by Gasteiger charge is -2.27. The first kappa shape index (κ1) is 16.2. The van der Waals surface area contributed by atoms with Crippen LogP contribution in [-0.4, -0.2) is 47.2 Å². The van der Waals surface area contributed by atoms with Crippen LogP contribution < -0.4 is 4.90 Å². The van der Waals surface area contributed by atoms with E-state index in [0.717, 1.165) is 31.5 Å². The Hall–Kier alpha value is -1.66. The summed E-state index contributed by atoms with van der Waals surface area (Å²) < 4.78 is 0. The third-order valence-electron chi connectivity index (χ3n) is 5.11. The maximum atomic E-state index is 11.3. The second kappa shape index (κ2) is 7.27. The summed E-state index contributed by atoms with van der Waals surface area (Å²) in [6.07, 6.45) is 5.88. The van der Waals surface area contributed by atoms with Gasteiger partial charge in [-0.2, -0.15) is 0 Å². The number of hydrogen-bond donors (Lipinski definition) is 1. The molecule has 23 heavy (non-hydrogen) atoms. The number of benzene rings is 1. The molecular formula is C17H25N3O3. The topological polar surface area (TPSA) is 69.8 Å². The third-order valence-corrected chi connectivity index (χ3v) is 5.11. The van der Waals surface area contributed by atoms with E-state index in [1.165, 1.54) is 38.4 Å². The lowest BCUT2D eigenvalue weighted by Crippen LogP contribution is -2.34. The Morgan fingerprint density at radius 1 is 1.13 bits per heavy atom. The second-order valence-corrected chi connectivity index (χ2v) is 6.55. The van der Waals surface area contributed by atoms with Crippen molar-refractivity contribution in [1.82, 2.24) is 4.90 Å². The zero-order valence-corrected chi connectivity index (χ0v) is 13.5. The maximum absolute atomic E-state index is 11.3. The van der Waals surface area contributed by atoms with Crippen molar-refractivity contribution in [3.8, 4) is 0 Å². The van der Waals surface area contributed by atoms with E-state index in [2.05, 4.69) is 9.80 Å². The predicted molar refractivity (Wildman–Crippen MR) is 89.7 cm³/mol. The van der Waals surface area contributed by atoms with Gasteiger partial charge < -0.3 is 14.9 Å². The van der Waals surface area contributed by atoms with Crippen molar-refractivity contribution in [1.29, 1.82) is 0 Å². The minimum atomic E-state index is -0.320. The third kappa shape index (κ3) is 3.64. The van der Waals surface area contributed by atoms with E-state index in [9.17, 15) is 15.2 Å². The number of anilines is 1. The Kier molecular flexibility index (Phi) is 5.13. The van der Waals surface area contributed by atoms with Gasteiger partial charge in [-0.1, -0.05) is 0 Å². The van der Waals surface area contributed by atoms with Crippen molar-refractivity contribution in [3.05, 3.63) is 33.9 Å². The van der Waals surface area contributed by atoms with E-state index in [0.29, 0.717) is 11.7 Å². The number of nitrogens with zero attached hydrogens (tertiary/aromatic N) is 3. The number of aliphatic hydroxyl groups excluding tert-OH is 1. The van der Waals surface area contributed by atoms with Gasteiger partial charge in [0.1, 0.15) is 5.69 Å². The van der Waals surface area contributed by atoms with Crippen molar-refractivity contribution in [2.45, 2.75) is 44.8 Å². The molecule has 2 saturated heterocycles. The highest BCUT2D eigenvalue weighted by atomic mass is 16.6. The van der Waals surface area contributed by atoms with Crippen LogP contribution in [0.2, 0.25) is 0 Å². The van der Waals surface area contributed by atoms with E-state index in [1.54, 1.807) is 12.1 Å². The molecule has 2 fully saturated rings. The number of rotatable bonds is 4. The van der Waals surface area contributed by atoms with Gasteiger partial charge in [0.2, 0.25) is 0 Å². The first-order valence-electron chi connectivity index (χ1n) is 8.56. The van der Waals surface area contributed by atoms with E-state index in [4.69, 9.17) is 0 Å². The van der Waals surface area contributed by atoms with E-state index >= 15 is 0 Å². The molecule has 0 radical (unpaired) electrons. The molecular weight excluding hydrogens is 294 g/mol. The summed E-state index contributed by atoms with van der Waals surface area (Å²) in [6.45, 7) is 4.00. The van der Waals surface area contributed by atoms with Gasteiger partial charge in [0.25, 0.3) is 5.69 Å². The number of nitro groups is 1. The van der Waals surface area contributed by atoms with E-state index < -0.39 is 0 Å². The smallest absolute Gasteiger partial charge is 0.292 e. The summed E-state index contributed by atoms with van der Waals surface area (Å²) in [4.78, 5) is 15.7. The fourth-order valence-corrected chi connectivity index (χ4v) is 3.87. The van der Waals surface area contributed by atoms with Gasteiger partial charge in [-0.3, -0.25) is 10.1 Å². The monoisotopic (exact) mass is 319 g/mol. The Bertz CT molecular complexity index is 558. The Labute approximate surface area is 136 Å². The summed E-state index contributed by atoms with van der Waals surface area (Å²) in [5, 5.41) is 20.7. The van der Waals surface area contributed by atoms with Crippen LogP contribution in [-0.2, 0) is 6.61 Å². The number of aliphatic hydroxyl groups is 1. The quantitative estimate of drug-likeness (QED) is 0.682. The van der Waals surface area contributed by atoms with Crippen molar-refractivity contribution in [3.63, 3.8) is 0 Å². The molecule has 1 aromatic carbocycles. The van der Waals surface area contributed by atoms with Crippen LogP contribution in [0.1, 0.15) is 37.7 Å². The van der Waals surface area contributed by atoms with Gasteiger partial charge in [-0.15, -0.1) is 0 Å². The zero-order valence-electron chi connectivity index (χ0n) is 13.5. The molecule has 2 aliphatic heterocycles. The van der Waals surface area contributed by atoms with Gasteiger partial charge in [0, 0.05) is 25.2 Å². The molecule has 0 spiro atoms. The molecule has 1 N–H and O–H groups in total. The van der Waals surface area contributed by atoms with Crippen LogP contribution in [0.4, 0.5) is 11.4 Å². The Morgan fingerprint density at radius 3 is 2.61 bits per heavy atom. The van der Waals surface area contributed by atoms with Gasteiger partial charge >= 0.3 is 0 Å². The fourth-order valence-electron chi connectivity index (χ4n) is 3.87. The molecule has 126 valence electrons. The molecule has 0 saturated carbocycles. The normalized spacial score (nSPS) is 23.0. The van der Waals surface area contributed by atoms with Crippen LogP contribution in [0, 0.1) is 10.1 Å². The minimum Gasteiger partial charge on any atom is -0.392 e. The molecule has 2 heterocycles. The lowest BCUT2D eigenvalue weighted by atomic mass is 10.1. The zero-order chi connectivity index (χ0) is 16.2. The van der Waals surface area contributed by atoms with Gasteiger partial charge in [0.05, 0.1) is 11.5 Å². The lowest BCUT2D eigenvalue weighted by molar-refractivity contribution is -0.384. The highest BCUT2D eigenvalue weighted by Gasteiger charge is 2.27. The number of likely N-dealkylation sites (tertiary alicyclic amines) is 1. The Balaban J connectivity index is 1.77. The van der Waals surface area contributed by atoms with Gasteiger partial charge in [-0.05, 0) is 62.9 Å². The maximum Gasteiger partial charge on any atom is 0.292 e. The fraction of sp³-hybridized carbons (Fsp3) is 0.647. The van der Waals surface area contributed by atoms with Crippen LogP contribution in [0.3, 0.4) is 0 Å². The van der Waals surface area contributed by atoms with Crippen LogP contribution in [0.15, 0.2) is 18.2 Å². The van der Waals surface area contributed by atoms with Crippen LogP contribution in [0.25, 0.3) is 0 Å². The largest absolute Gasteiger partial charge is 0.392 e. The Morgan fingerprint density at radius 2 is 1.91 bits per heavy atom. The molecule has 0 amide bonds. The van der Waals surface area contributed by atoms with Crippen molar-refractivity contribution >= 4 is 11.4 Å². The molecule has 0 aliphatic carbocycles. The average Bonchev–Trinajstić information content (AvgIpc) is 2.99. The summed E-state index contributed by atoms with van der Waals surface area (Å²) in [5.74, 6) is 0. The minimum absolute atomic E-state index is 0.0881. The molecule has 1 aromatic rings. The summed E-state index contributed by atoms with van der Waals surface area (Å²) in [7, 11) is 0. The van der Waals surface area contributed by atoms with Crippen molar-refractivity contribution < 1.29 is 10.0 Å². The molecule has 0 aromatic heterocycles. The molecule has 1 unspecified atom stereocenters.